The first kappa shape index (κ1) is 17.8. The summed E-state index contributed by atoms with van der Waals surface area (Å²) in [6, 6.07) is 15.2. The number of hydrogen-bond donors (Lipinski definition) is 0. The average molecular weight is 347 g/mol. The zero-order valence-electron chi connectivity index (χ0n) is 15.4. The molecular weight excluding hydrogens is 326 g/mol. The quantitative estimate of drug-likeness (QED) is 0.671. The first-order chi connectivity index (χ1) is 12.3. The minimum absolute atomic E-state index is 0.0282. The molecule has 0 spiro atoms. The number of nitrogens with zero attached hydrogens (tertiary/aromatic N) is 1. The summed E-state index contributed by atoms with van der Waals surface area (Å²) in [5, 5.41) is 9.31. The molecule has 0 amide bonds. The van der Waals surface area contributed by atoms with E-state index in [4.69, 9.17) is 14.4 Å². The maximum absolute atomic E-state index is 12.9. The van der Waals surface area contributed by atoms with Gasteiger partial charge in [-0.2, -0.15) is 5.26 Å². The molecule has 0 fully saturated rings. The van der Waals surface area contributed by atoms with Crippen molar-refractivity contribution in [1.82, 2.24) is 0 Å². The largest absolute Gasteiger partial charge is 0.471 e. The highest BCUT2D eigenvalue weighted by Crippen LogP contribution is 2.32. The van der Waals surface area contributed by atoms with Crippen molar-refractivity contribution < 1.29 is 9.15 Å². The molecule has 26 heavy (non-hydrogen) atoms. The second-order valence-electron chi connectivity index (χ2n) is 7.36. The van der Waals surface area contributed by atoms with Gasteiger partial charge in [-0.05, 0) is 30.0 Å². The van der Waals surface area contributed by atoms with E-state index in [0.29, 0.717) is 16.7 Å². The zero-order valence-corrected chi connectivity index (χ0v) is 15.4. The Morgan fingerprint density at radius 2 is 1.81 bits per heavy atom. The van der Waals surface area contributed by atoms with Crippen molar-refractivity contribution in [3.05, 3.63) is 63.8 Å². The predicted molar refractivity (Wildman–Crippen MR) is 102 cm³/mol. The van der Waals surface area contributed by atoms with Crippen molar-refractivity contribution in [3.8, 4) is 23.1 Å². The van der Waals surface area contributed by atoms with Gasteiger partial charge in [0.15, 0.2) is 12.4 Å². The predicted octanol–water partition coefficient (Wildman–Crippen LogP) is 4.97. The van der Waals surface area contributed by atoms with Crippen molar-refractivity contribution in [1.29, 1.82) is 5.26 Å². The van der Waals surface area contributed by atoms with Crippen LogP contribution in [-0.4, -0.2) is 6.61 Å². The first-order valence-corrected chi connectivity index (χ1v) is 8.49. The molecule has 3 aromatic rings. The molecule has 0 atom stereocenters. The van der Waals surface area contributed by atoms with E-state index in [0.717, 1.165) is 11.1 Å². The maximum atomic E-state index is 12.9. The van der Waals surface area contributed by atoms with Gasteiger partial charge >= 0.3 is 0 Å². The Morgan fingerprint density at radius 3 is 2.42 bits per heavy atom. The molecule has 0 saturated heterocycles. The third-order valence-electron chi connectivity index (χ3n) is 4.30. The Kier molecular flexibility index (Phi) is 4.56. The molecule has 3 rings (SSSR count). The number of rotatable bonds is 3. The van der Waals surface area contributed by atoms with Gasteiger partial charge in [-0.15, -0.1) is 0 Å². The highest BCUT2D eigenvalue weighted by atomic mass is 16.5. The number of hydrogen-bond acceptors (Lipinski definition) is 4. The normalized spacial score (nSPS) is 11.3. The molecule has 0 aliphatic carbocycles. The van der Waals surface area contributed by atoms with Crippen LogP contribution < -0.4 is 10.2 Å². The van der Waals surface area contributed by atoms with E-state index < -0.39 is 0 Å². The van der Waals surface area contributed by atoms with Crippen molar-refractivity contribution >= 4 is 11.0 Å². The third-order valence-corrected chi connectivity index (χ3v) is 4.30. The molecule has 0 aliphatic heterocycles. The molecular formula is C22H21NO3. The van der Waals surface area contributed by atoms with E-state index in [1.165, 1.54) is 5.56 Å². The molecule has 132 valence electrons. The van der Waals surface area contributed by atoms with E-state index >= 15 is 0 Å². The van der Waals surface area contributed by atoms with Crippen LogP contribution in [0.5, 0.6) is 5.75 Å². The van der Waals surface area contributed by atoms with E-state index in [9.17, 15) is 4.79 Å². The van der Waals surface area contributed by atoms with Gasteiger partial charge in [-0.25, -0.2) is 0 Å². The fourth-order valence-electron chi connectivity index (χ4n) is 2.84. The van der Waals surface area contributed by atoms with Crippen LogP contribution in [0.3, 0.4) is 0 Å². The Balaban J connectivity index is 2.22. The van der Waals surface area contributed by atoms with Gasteiger partial charge in [-0.3, -0.25) is 4.79 Å². The lowest BCUT2D eigenvalue weighted by molar-refractivity contribution is 0.356. The minimum atomic E-state index is -0.264. The smallest absolute Gasteiger partial charge is 0.235 e. The highest BCUT2D eigenvalue weighted by molar-refractivity contribution is 5.82. The van der Waals surface area contributed by atoms with E-state index in [2.05, 4.69) is 20.8 Å². The van der Waals surface area contributed by atoms with Gasteiger partial charge < -0.3 is 9.15 Å². The number of aryl methyl sites for hydroxylation is 1. The van der Waals surface area contributed by atoms with E-state index in [-0.39, 0.29) is 23.2 Å². The third kappa shape index (κ3) is 3.34. The second-order valence-corrected chi connectivity index (χ2v) is 7.36. The SMILES string of the molecule is Cc1ccc2oc(-c3ccc(C(C)(C)C)cc3)c(OCC#N)c(=O)c2c1. The van der Waals surface area contributed by atoms with Crippen LogP contribution in [0, 0.1) is 18.3 Å². The molecule has 0 unspecified atom stereocenters. The monoisotopic (exact) mass is 347 g/mol. The second kappa shape index (κ2) is 6.68. The summed E-state index contributed by atoms with van der Waals surface area (Å²) in [7, 11) is 0. The molecule has 4 nitrogen and oxygen atoms in total. The lowest BCUT2D eigenvalue weighted by atomic mass is 9.86. The minimum Gasteiger partial charge on any atom is -0.471 e. The van der Waals surface area contributed by atoms with E-state index in [1.54, 1.807) is 12.1 Å². The van der Waals surface area contributed by atoms with Crippen LogP contribution in [0.2, 0.25) is 0 Å². The summed E-state index contributed by atoms with van der Waals surface area (Å²) >= 11 is 0. The van der Waals surface area contributed by atoms with Gasteiger partial charge in [0.2, 0.25) is 11.2 Å². The summed E-state index contributed by atoms with van der Waals surface area (Å²) in [6.45, 7) is 8.12. The van der Waals surface area contributed by atoms with Gasteiger partial charge in [0.25, 0.3) is 0 Å². The Morgan fingerprint density at radius 1 is 1.12 bits per heavy atom. The van der Waals surface area contributed by atoms with Crippen molar-refractivity contribution in [3.63, 3.8) is 0 Å². The van der Waals surface area contributed by atoms with Gasteiger partial charge in [0.05, 0.1) is 5.39 Å². The summed E-state index contributed by atoms with van der Waals surface area (Å²) in [4.78, 5) is 12.9. The number of nitriles is 1. The molecule has 0 radical (unpaired) electrons. The summed E-state index contributed by atoms with van der Waals surface area (Å²) in [6.07, 6.45) is 0. The standard InChI is InChI=1S/C22H21NO3/c1-14-5-10-18-17(13-14)19(24)21(25-12-11-23)20(26-18)15-6-8-16(9-7-15)22(2,3)4/h5-10,13H,12H2,1-4H3. The number of fused-ring (bicyclic) bond motifs is 1. The first-order valence-electron chi connectivity index (χ1n) is 8.49. The van der Waals surface area contributed by atoms with Gasteiger partial charge in [0.1, 0.15) is 11.7 Å². The lowest BCUT2D eigenvalue weighted by Gasteiger charge is -2.19. The lowest BCUT2D eigenvalue weighted by Crippen LogP contribution is -2.11. The van der Waals surface area contributed by atoms with Gasteiger partial charge in [-0.1, -0.05) is 56.7 Å². The topological polar surface area (TPSA) is 63.2 Å². The summed E-state index contributed by atoms with van der Waals surface area (Å²) in [5.41, 5.74) is 3.14. The molecule has 0 saturated carbocycles. The Hall–Kier alpha value is -3.06. The molecule has 4 heteroatoms. The molecule has 0 N–H and O–H groups in total. The van der Waals surface area contributed by atoms with Crippen molar-refractivity contribution in [2.45, 2.75) is 33.1 Å². The highest BCUT2D eigenvalue weighted by Gasteiger charge is 2.19. The van der Waals surface area contributed by atoms with Crippen LogP contribution in [-0.2, 0) is 5.41 Å². The summed E-state index contributed by atoms with van der Waals surface area (Å²) in [5.74, 6) is 0.426. The van der Waals surface area contributed by atoms with Crippen LogP contribution >= 0.6 is 0 Å². The Labute approximate surface area is 152 Å². The van der Waals surface area contributed by atoms with E-state index in [1.807, 2.05) is 43.3 Å². The molecule has 0 bridgehead atoms. The molecule has 1 aromatic heterocycles. The van der Waals surface area contributed by atoms with Crippen molar-refractivity contribution in [2.75, 3.05) is 6.61 Å². The van der Waals surface area contributed by atoms with Gasteiger partial charge in [0, 0.05) is 5.56 Å². The van der Waals surface area contributed by atoms with Crippen LogP contribution in [0.1, 0.15) is 31.9 Å². The van der Waals surface area contributed by atoms with Crippen molar-refractivity contribution in [2.24, 2.45) is 0 Å². The maximum Gasteiger partial charge on any atom is 0.235 e. The van der Waals surface area contributed by atoms with Crippen LogP contribution in [0.25, 0.3) is 22.3 Å². The van der Waals surface area contributed by atoms with Crippen LogP contribution in [0.4, 0.5) is 0 Å². The molecule has 1 heterocycles. The molecule has 0 aliphatic rings. The number of ether oxygens (including phenoxy) is 1. The molecule has 2 aromatic carbocycles. The Bertz CT molecular complexity index is 1050. The average Bonchev–Trinajstić information content (AvgIpc) is 2.61. The summed E-state index contributed by atoms with van der Waals surface area (Å²) < 4.78 is 11.5. The zero-order chi connectivity index (χ0) is 18.9. The fourth-order valence-corrected chi connectivity index (χ4v) is 2.84. The van der Waals surface area contributed by atoms with Crippen LogP contribution in [0.15, 0.2) is 51.7 Å². The fraction of sp³-hybridized carbons (Fsp3) is 0.273. The number of benzene rings is 2.